The van der Waals surface area contributed by atoms with Crippen molar-refractivity contribution in [3.05, 3.63) is 29.8 Å². The molecule has 1 nitrogen and oxygen atoms in total. The number of ether oxygens (including phenoxy) is 1. The lowest BCUT2D eigenvalue weighted by molar-refractivity contribution is 0.0315. The van der Waals surface area contributed by atoms with E-state index < -0.39 is 0 Å². The minimum atomic E-state index is 0.450. The molecule has 0 bridgehead atoms. The van der Waals surface area contributed by atoms with Crippen LogP contribution in [0.15, 0.2) is 29.2 Å². The molecule has 1 saturated heterocycles. The van der Waals surface area contributed by atoms with Gasteiger partial charge in [0.05, 0.1) is 6.10 Å². The molecule has 1 heterocycles. The van der Waals surface area contributed by atoms with Gasteiger partial charge in [0, 0.05) is 23.1 Å². The van der Waals surface area contributed by atoms with Crippen molar-refractivity contribution in [2.45, 2.75) is 36.1 Å². The zero-order valence-corrected chi connectivity index (χ0v) is 10.9. The van der Waals surface area contributed by atoms with Crippen molar-refractivity contribution in [2.75, 3.05) is 12.4 Å². The second-order valence-electron chi connectivity index (χ2n) is 4.08. The monoisotopic (exact) mass is 256 g/mol. The summed E-state index contributed by atoms with van der Waals surface area (Å²) in [6.45, 7) is 0.941. The van der Waals surface area contributed by atoms with Crippen LogP contribution in [0.1, 0.15) is 24.8 Å². The topological polar surface area (TPSA) is 9.23 Å². The van der Waals surface area contributed by atoms with Crippen molar-refractivity contribution in [3.63, 3.8) is 0 Å². The molecule has 3 heteroatoms. The van der Waals surface area contributed by atoms with Gasteiger partial charge in [-0.3, -0.25) is 0 Å². The van der Waals surface area contributed by atoms with Crippen LogP contribution in [0.5, 0.6) is 0 Å². The molecular formula is C13H17ClOS. The van der Waals surface area contributed by atoms with Gasteiger partial charge >= 0.3 is 0 Å². The summed E-state index contributed by atoms with van der Waals surface area (Å²) in [6, 6.07) is 8.48. The maximum Gasteiger partial charge on any atom is 0.0669 e. The predicted octanol–water partition coefficient (Wildman–Crippen LogP) is 4.09. The second kappa shape index (κ2) is 6.53. The summed E-state index contributed by atoms with van der Waals surface area (Å²) in [6.07, 6.45) is 4.21. The van der Waals surface area contributed by atoms with Crippen molar-refractivity contribution < 1.29 is 4.74 Å². The van der Waals surface area contributed by atoms with Gasteiger partial charge in [0.1, 0.15) is 0 Å². The van der Waals surface area contributed by atoms with Crippen LogP contribution >= 0.6 is 23.4 Å². The first-order valence-electron chi connectivity index (χ1n) is 5.78. The van der Waals surface area contributed by atoms with Gasteiger partial charge in [0.2, 0.25) is 0 Å². The van der Waals surface area contributed by atoms with Crippen LogP contribution in [0.25, 0.3) is 0 Å². The normalized spacial score (nSPS) is 20.9. The van der Waals surface area contributed by atoms with Crippen LogP contribution in [0, 0.1) is 0 Å². The molecule has 88 valence electrons. The Morgan fingerprint density at radius 1 is 1.25 bits per heavy atom. The highest BCUT2D eigenvalue weighted by atomic mass is 35.5. The summed E-state index contributed by atoms with van der Waals surface area (Å²) >= 11 is 7.63. The third-order valence-corrected chi connectivity index (χ3v) is 4.24. The van der Waals surface area contributed by atoms with E-state index >= 15 is 0 Å². The van der Waals surface area contributed by atoms with Crippen LogP contribution in [0.3, 0.4) is 0 Å². The van der Waals surface area contributed by atoms with Crippen molar-refractivity contribution in [2.24, 2.45) is 0 Å². The third-order valence-electron chi connectivity index (χ3n) is 2.79. The predicted molar refractivity (Wildman–Crippen MR) is 70.3 cm³/mol. The van der Waals surface area contributed by atoms with E-state index in [0.29, 0.717) is 12.0 Å². The number of benzene rings is 1. The lowest BCUT2D eigenvalue weighted by atomic mass is 10.1. The van der Waals surface area contributed by atoms with Gasteiger partial charge < -0.3 is 4.74 Å². The van der Waals surface area contributed by atoms with E-state index in [-0.39, 0.29) is 0 Å². The van der Waals surface area contributed by atoms with E-state index in [9.17, 15) is 0 Å². The zero-order valence-electron chi connectivity index (χ0n) is 9.32. The molecule has 1 aromatic rings. The van der Waals surface area contributed by atoms with Gasteiger partial charge in [-0.2, -0.15) is 0 Å². The number of hydrogen-bond donors (Lipinski definition) is 0. The molecule has 1 aliphatic heterocycles. The average molecular weight is 257 g/mol. The molecule has 0 amide bonds. The number of alkyl halides is 1. The van der Waals surface area contributed by atoms with Crippen LogP contribution in [-0.2, 0) is 10.6 Å². The summed E-state index contributed by atoms with van der Waals surface area (Å²) in [4.78, 5) is 1.31. The Bertz CT molecular complexity index is 306. The highest BCUT2D eigenvalue weighted by Gasteiger charge is 2.13. The number of thioether (sulfide) groups is 1. The number of hydrogen-bond acceptors (Lipinski definition) is 2. The fourth-order valence-corrected chi connectivity index (χ4v) is 2.95. The molecule has 0 aromatic heterocycles. The molecule has 0 radical (unpaired) electrons. The molecule has 1 atom stereocenters. The van der Waals surface area contributed by atoms with Gasteiger partial charge in [-0.1, -0.05) is 12.1 Å². The lowest BCUT2D eigenvalue weighted by Gasteiger charge is -2.22. The highest BCUT2D eigenvalue weighted by molar-refractivity contribution is 7.99. The van der Waals surface area contributed by atoms with Crippen molar-refractivity contribution >= 4 is 23.4 Å². The van der Waals surface area contributed by atoms with Gasteiger partial charge in [-0.25, -0.2) is 0 Å². The molecule has 1 aromatic carbocycles. The Kier molecular flexibility index (Phi) is 5.01. The Morgan fingerprint density at radius 2 is 2.06 bits per heavy atom. The summed E-state index contributed by atoms with van der Waals surface area (Å²) in [5.41, 5.74) is 1.18. The third kappa shape index (κ3) is 3.69. The number of halogens is 1. The summed E-state index contributed by atoms with van der Waals surface area (Å²) in [5, 5.41) is 0. The number of rotatable bonds is 4. The molecule has 2 rings (SSSR count). The van der Waals surface area contributed by atoms with Crippen molar-refractivity contribution in [1.82, 2.24) is 0 Å². The molecule has 16 heavy (non-hydrogen) atoms. The molecule has 0 saturated carbocycles. The van der Waals surface area contributed by atoms with E-state index in [2.05, 4.69) is 24.3 Å². The Labute approximate surface area is 107 Å². The fourth-order valence-electron chi connectivity index (χ4n) is 1.80. The van der Waals surface area contributed by atoms with E-state index in [1.54, 1.807) is 0 Å². The largest absolute Gasteiger partial charge is 0.377 e. The maximum absolute atomic E-state index is 5.75. The molecule has 0 spiro atoms. The van der Waals surface area contributed by atoms with E-state index in [0.717, 1.165) is 12.4 Å². The first-order chi connectivity index (χ1) is 7.88. The average Bonchev–Trinajstić information content (AvgIpc) is 2.38. The van der Waals surface area contributed by atoms with Gasteiger partial charge in [-0.05, 0) is 37.0 Å². The Morgan fingerprint density at radius 3 is 2.69 bits per heavy atom. The summed E-state index contributed by atoms with van der Waals surface area (Å²) in [7, 11) is 0. The SMILES string of the molecule is ClCc1ccc(SCC2CCCCO2)cc1. The van der Waals surface area contributed by atoms with E-state index in [1.165, 1.54) is 29.7 Å². The summed E-state index contributed by atoms with van der Waals surface area (Å²) < 4.78 is 5.70. The first-order valence-corrected chi connectivity index (χ1v) is 7.30. The van der Waals surface area contributed by atoms with Gasteiger partial charge in [0.15, 0.2) is 0 Å². The Hall–Kier alpha value is -0.180. The van der Waals surface area contributed by atoms with Gasteiger partial charge in [-0.15, -0.1) is 23.4 Å². The molecule has 1 aliphatic rings. The van der Waals surface area contributed by atoms with Crippen LogP contribution in [0.4, 0.5) is 0 Å². The van der Waals surface area contributed by atoms with Crippen LogP contribution in [0.2, 0.25) is 0 Å². The smallest absolute Gasteiger partial charge is 0.0669 e. The van der Waals surface area contributed by atoms with Crippen molar-refractivity contribution in [3.8, 4) is 0 Å². The molecule has 1 unspecified atom stereocenters. The molecular weight excluding hydrogens is 240 g/mol. The quantitative estimate of drug-likeness (QED) is 0.593. The lowest BCUT2D eigenvalue weighted by Crippen LogP contribution is -2.21. The maximum atomic E-state index is 5.75. The summed E-state index contributed by atoms with van der Waals surface area (Å²) in [5.74, 6) is 1.66. The standard InChI is InChI=1S/C13H17ClOS/c14-9-11-4-6-13(7-5-11)16-10-12-3-1-2-8-15-12/h4-7,12H,1-3,8-10H2. The van der Waals surface area contributed by atoms with Crippen LogP contribution < -0.4 is 0 Å². The highest BCUT2D eigenvalue weighted by Crippen LogP contribution is 2.24. The fraction of sp³-hybridized carbons (Fsp3) is 0.538. The molecule has 0 aliphatic carbocycles. The van der Waals surface area contributed by atoms with Crippen molar-refractivity contribution in [1.29, 1.82) is 0 Å². The molecule has 0 N–H and O–H groups in total. The minimum Gasteiger partial charge on any atom is -0.377 e. The van der Waals surface area contributed by atoms with Crippen LogP contribution in [-0.4, -0.2) is 18.5 Å². The zero-order chi connectivity index (χ0) is 11.2. The first kappa shape index (κ1) is 12.3. The van der Waals surface area contributed by atoms with E-state index in [1.807, 2.05) is 11.8 Å². The minimum absolute atomic E-state index is 0.450. The van der Waals surface area contributed by atoms with Gasteiger partial charge in [0.25, 0.3) is 0 Å². The molecule has 1 fully saturated rings. The van der Waals surface area contributed by atoms with E-state index in [4.69, 9.17) is 16.3 Å². The Balaban J connectivity index is 1.79. The second-order valence-corrected chi connectivity index (χ2v) is 5.44.